The van der Waals surface area contributed by atoms with Gasteiger partial charge in [0.15, 0.2) is 0 Å². The van der Waals surface area contributed by atoms with Crippen molar-refractivity contribution < 1.29 is 22.1 Å². The van der Waals surface area contributed by atoms with Crippen LogP contribution < -0.4 is 0 Å². The summed E-state index contributed by atoms with van der Waals surface area (Å²) in [5.41, 5.74) is 33.0. The Morgan fingerprint density at radius 1 is 0.0949 bits per heavy atom. The van der Waals surface area contributed by atoms with Crippen LogP contribution in [0.1, 0.15) is 0 Å². The van der Waals surface area contributed by atoms with E-state index >= 15 is 0 Å². The largest absolute Gasteiger partial charge is 0.456 e. The van der Waals surface area contributed by atoms with Gasteiger partial charge in [0.1, 0.15) is 55.8 Å². The first-order valence-electron chi connectivity index (χ1n) is 46.8. The van der Waals surface area contributed by atoms with Crippen molar-refractivity contribution in [2.24, 2.45) is 0 Å². The Hall–Kier alpha value is -18.2. The van der Waals surface area contributed by atoms with Crippen LogP contribution in [0, 0.1) is 0 Å². The molecule has 0 atom stereocenters. The number of hydrogen-bond acceptors (Lipinski definition) is 5. The number of benzene rings is 24. The summed E-state index contributed by atoms with van der Waals surface area (Å²) >= 11 is 0. The fourth-order valence-corrected chi connectivity index (χ4v) is 21.7. The molecule has 0 fully saturated rings. The molecule has 0 aliphatic heterocycles. The maximum atomic E-state index is 6.57. The van der Waals surface area contributed by atoms with Crippen LogP contribution in [-0.4, -0.2) is 0 Å². The SMILES string of the molecule is c1ccc(-c2ccc3oc4ccc(-c5c6cccc(-c7ccccc7)c6cc6c(-c7ccccc7)cccc56)cc4c3c2)cc1.c1ccc(-c2cccc3c(-c4cccc5c4oc4ccccc45)c4cccc(-c5ccccc5)c4cc23)cc1.c1ccc2c(c1)oc1ccc(-c3cccc4c(-c5ccc6oc7ccccc7c6c5)c5cccc(-c6ccc7oc8ccccc8c7c6)c5cc34)cc12. The van der Waals surface area contributed by atoms with Crippen molar-refractivity contribution in [3.05, 3.63) is 485 Å². The summed E-state index contributed by atoms with van der Waals surface area (Å²) in [5, 5.41) is 26.0. The summed E-state index contributed by atoms with van der Waals surface area (Å²) < 4.78 is 31.7. The van der Waals surface area contributed by atoms with E-state index in [9.17, 15) is 0 Å². The number of furan rings is 5. The Bertz CT molecular complexity index is 9540. The zero-order valence-electron chi connectivity index (χ0n) is 74.2. The molecule has 0 unspecified atom stereocenters. The van der Waals surface area contributed by atoms with Crippen LogP contribution in [0.5, 0.6) is 0 Å². The highest BCUT2D eigenvalue weighted by Gasteiger charge is 2.25. The molecule has 0 amide bonds. The lowest BCUT2D eigenvalue weighted by Crippen LogP contribution is -1.91. The van der Waals surface area contributed by atoms with Gasteiger partial charge in [-0.05, 0) is 268 Å². The maximum absolute atomic E-state index is 6.57. The third-order valence-corrected chi connectivity index (χ3v) is 28.0. The second-order valence-corrected chi connectivity index (χ2v) is 35.7. The molecule has 5 nitrogen and oxygen atoms in total. The van der Waals surface area contributed by atoms with Crippen molar-refractivity contribution in [2.45, 2.75) is 0 Å². The van der Waals surface area contributed by atoms with E-state index in [0.717, 1.165) is 132 Å². The summed E-state index contributed by atoms with van der Waals surface area (Å²) in [7, 11) is 0. The number of para-hydroxylation sites is 5. The Labute approximate surface area is 787 Å². The molecule has 29 aromatic rings. The molecule has 0 spiro atoms. The van der Waals surface area contributed by atoms with E-state index in [4.69, 9.17) is 22.1 Å². The molecular weight excluding hydrogens is 1670 g/mol. The van der Waals surface area contributed by atoms with Gasteiger partial charge in [-0.25, -0.2) is 0 Å². The minimum Gasteiger partial charge on any atom is -0.456 e. The summed E-state index contributed by atoms with van der Waals surface area (Å²) in [6, 6.07) is 174. The molecule has 0 saturated heterocycles. The molecule has 5 heterocycles. The standard InChI is InChI=1S/C50H28O3.C44H28O.C38H24O/c1-4-16-44-34(9-1)41-25-29(19-22-47(41)51-44)32-12-7-14-37-39(32)28-40-33(30-20-23-48-42(26-30)35-10-2-5-17-45(35)52-48)13-8-15-38(40)50(37)31-21-24-49-43(27-31)36-11-3-6-18-46(36)53-49;1-4-12-29(13-5-1)32-22-24-42-40(26-32)41-27-33(23-25-43(41)45-42)44-36-20-10-18-34(30-14-6-2-7-15-30)38(36)28-39-35(19-11-21-37(39)44)31-16-8-3-9-17-31;1-3-12-25(13-4-1)27-17-9-19-30-34(27)24-35-28(26-14-5-2-6-15-26)18-10-20-31(35)37(30)33-22-11-21-32-29-16-7-8-23-36(29)39-38(32)33/h1-28H;1-28H;1-24H. The van der Waals surface area contributed by atoms with Crippen molar-refractivity contribution in [3.63, 3.8) is 0 Å². The van der Waals surface area contributed by atoms with Crippen molar-refractivity contribution in [1.29, 1.82) is 0 Å². The lowest BCUT2D eigenvalue weighted by Gasteiger charge is -2.17. The molecule has 5 aromatic heterocycles. The van der Waals surface area contributed by atoms with Gasteiger partial charge in [-0.15, -0.1) is 0 Å². The molecule has 29 rings (SSSR count). The van der Waals surface area contributed by atoms with E-state index < -0.39 is 0 Å². The van der Waals surface area contributed by atoms with Crippen LogP contribution in [0.25, 0.3) is 286 Å². The average molecular weight is 1750 g/mol. The first-order chi connectivity index (χ1) is 67.9. The van der Waals surface area contributed by atoms with Crippen molar-refractivity contribution >= 4 is 174 Å². The van der Waals surface area contributed by atoms with Gasteiger partial charge in [-0.3, -0.25) is 0 Å². The molecular formula is C132H80O5. The normalized spacial score (nSPS) is 11.8. The van der Waals surface area contributed by atoms with E-state index in [0.29, 0.717) is 0 Å². The molecule has 0 saturated carbocycles. The van der Waals surface area contributed by atoms with Crippen LogP contribution in [0.15, 0.2) is 507 Å². The first-order valence-corrected chi connectivity index (χ1v) is 46.8. The van der Waals surface area contributed by atoms with Gasteiger partial charge in [-0.1, -0.05) is 382 Å². The second kappa shape index (κ2) is 32.4. The van der Waals surface area contributed by atoms with Crippen LogP contribution >= 0.6 is 0 Å². The fraction of sp³-hybridized carbons (Fsp3) is 0. The predicted molar refractivity (Wildman–Crippen MR) is 575 cm³/mol. The van der Waals surface area contributed by atoms with E-state index in [-0.39, 0.29) is 0 Å². The zero-order valence-corrected chi connectivity index (χ0v) is 74.2. The first kappa shape index (κ1) is 78.7. The Morgan fingerprint density at radius 2 is 0.307 bits per heavy atom. The molecule has 0 aliphatic carbocycles. The summed E-state index contributed by atoms with van der Waals surface area (Å²) in [6.07, 6.45) is 0. The number of rotatable bonds is 10. The van der Waals surface area contributed by atoms with Gasteiger partial charge in [0.2, 0.25) is 0 Å². The maximum Gasteiger partial charge on any atom is 0.143 e. The van der Waals surface area contributed by atoms with Gasteiger partial charge in [0, 0.05) is 65.0 Å². The summed E-state index contributed by atoms with van der Waals surface area (Å²) in [4.78, 5) is 0. The minimum atomic E-state index is 0.891. The number of fused-ring (bicyclic) bond motifs is 21. The van der Waals surface area contributed by atoms with Crippen molar-refractivity contribution in [1.82, 2.24) is 0 Å². The molecule has 0 bridgehead atoms. The molecule has 0 radical (unpaired) electrons. The Kier molecular flexibility index (Phi) is 18.6. The highest BCUT2D eigenvalue weighted by Crippen LogP contribution is 2.52. The minimum absolute atomic E-state index is 0.891. The molecule has 638 valence electrons. The van der Waals surface area contributed by atoms with E-state index in [1.54, 1.807) is 0 Å². The third kappa shape index (κ3) is 13.3. The zero-order chi connectivity index (χ0) is 90.1. The van der Waals surface area contributed by atoms with E-state index in [1.807, 2.05) is 42.5 Å². The molecule has 137 heavy (non-hydrogen) atoms. The lowest BCUT2D eigenvalue weighted by molar-refractivity contribution is 0.668. The Morgan fingerprint density at radius 3 is 0.635 bits per heavy atom. The van der Waals surface area contributed by atoms with E-state index in [2.05, 4.69) is 443 Å². The van der Waals surface area contributed by atoms with Crippen LogP contribution in [0.2, 0.25) is 0 Å². The molecule has 5 heteroatoms. The second-order valence-electron chi connectivity index (χ2n) is 35.7. The Balaban J connectivity index is 0.000000105. The van der Waals surface area contributed by atoms with Crippen LogP contribution in [0.4, 0.5) is 0 Å². The fourth-order valence-electron chi connectivity index (χ4n) is 21.7. The van der Waals surface area contributed by atoms with Crippen LogP contribution in [0.3, 0.4) is 0 Å². The van der Waals surface area contributed by atoms with Gasteiger partial charge in [0.25, 0.3) is 0 Å². The lowest BCUT2D eigenvalue weighted by atomic mass is 9.86. The van der Waals surface area contributed by atoms with Gasteiger partial charge in [-0.2, -0.15) is 0 Å². The summed E-state index contributed by atoms with van der Waals surface area (Å²) in [5.74, 6) is 0. The molecule has 24 aromatic carbocycles. The monoisotopic (exact) mass is 1740 g/mol. The highest BCUT2D eigenvalue weighted by molar-refractivity contribution is 6.26. The number of hydrogen-bond donors (Lipinski definition) is 0. The quantitative estimate of drug-likeness (QED) is 0.128. The predicted octanol–water partition coefficient (Wildman–Crippen LogP) is 38.1. The highest BCUT2D eigenvalue weighted by atomic mass is 16.3. The topological polar surface area (TPSA) is 65.7 Å². The van der Waals surface area contributed by atoms with Gasteiger partial charge in [0.05, 0.1) is 0 Å². The van der Waals surface area contributed by atoms with Crippen molar-refractivity contribution in [2.75, 3.05) is 0 Å². The van der Waals surface area contributed by atoms with Gasteiger partial charge < -0.3 is 22.1 Å². The van der Waals surface area contributed by atoms with Crippen LogP contribution in [-0.2, 0) is 0 Å². The molecule has 0 aliphatic rings. The molecule has 0 N–H and O–H groups in total. The average Bonchev–Trinajstić information content (AvgIpc) is 0.814. The van der Waals surface area contributed by atoms with E-state index in [1.165, 1.54) is 154 Å². The third-order valence-electron chi connectivity index (χ3n) is 28.0. The smallest absolute Gasteiger partial charge is 0.143 e. The van der Waals surface area contributed by atoms with Gasteiger partial charge >= 0.3 is 0 Å². The van der Waals surface area contributed by atoms with Crippen molar-refractivity contribution in [3.8, 4) is 111 Å². The summed E-state index contributed by atoms with van der Waals surface area (Å²) in [6.45, 7) is 0.